The summed E-state index contributed by atoms with van der Waals surface area (Å²) < 4.78 is 0. The predicted octanol–water partition coefficient (Wildman–Crippen LogP) is 4.25. The number of rotatable bonds is 2. The average Bonchev–Trinajstić information content (AvgIpc) is 2.46. The largest absolute Gasteiger partial charge is 0.476 e. The molecular weight excluding hydrogens is 274 g/mol. The van der Waals surface area contributed by atoms with Gasteiger partial charge in [0.2, 0.25) is 0 Å². The SMILES string of the molecule is O=C(O)c1nc(-c2ccc(Cl)cc2)cc2ccccc12. The second kappa shape index (κ2) is 4.94. The topological polar surface area (TPSA) is 50.2 Å². The first-order chi connectivity index (χ1) is 9.65. The molecule has 0 radical (unpaired) electrons. The Labute approximate surface area is 120 Å². The third-order valence-electron chi connectivity index (χ3n) is 3.08. The maximum absolute atomic E-state index is 11.4. The first-order valence-corrected chi connectivity index (χ1v) is 6.42. The Hall–Kier alpha value is -2.39. The van der Waals surface area contributed by atoms with Crippen molar-refractivity contribution in [2.45, 2.75) is 0 Å². The summed E-state index contributed by atoms with van der Waals surface area (Å²) in [5, 5.41) is 11.4. The van der Waals surface area contributed by atoms with Crippen molar-refractivity contribution in [1.82, 2.24) is 4.98 Å². The van der Waals surface area contributed by atoms with E-state index in [0.29, 0.717) is 16.1 Å². The molecular formula is C16H10ClNO2. The molecule has 98 valence electrons. The molecule has 0 saturated heterocycles. The van der Waals surface area contributed by atoms with Crippen LogP contribution in [-0.4, -0.2) is 16.1 Å². The fraction of sp³-hybridized carbons (Fsp3) is 0. The van der Waals surface area contributed by atoms with Gasteiger partial charge in [0.25, 0.3) is 0 Å². The van der Waals surface area contributed by atoms with Gasteiger partial charge in [0.05, 0.1) is 5.69 Å². The zero-order valence-corrected chi connectivity index (χ0v) is 11.1. The highest BCUT2D eigenvalue weighted by atomic mass is 35.5. The molecule has 3 rings (SSSR count). The Balaban J connectivity index is 2.27. The maximum Gasteiger partial charge on any atom is 0.355 e. The lowest BCUT2D eigenvalue weighted by molar-refractivity contribution is 0.0693. The molecule has 0 atom stereocenters. The van der Waals surface area contributed by atoms with Gasteiger partial charge in [-0.25, -0.2) is 9.78 Å². The zero-order valence-electron chi connectivity index (χ0n) is 10.4. The highest BCUT2D eigenvalue weighted by Gasteiger charge is 2.13. The summed E-state index contributed by atoms with van der Waals surface area (Å²) in [5.74, 6) is -1.03. The van der Waals surface area contributed by atoms with E-state index in [9.17, 15) is 9.90 Å². The van der Waals surface area contributed by atoms with Crippen LogP contribution >= 0.6 is 11.6 Å². The van der Waals surface area contributed by atoms with Gasteiger partial charge in [-0.3, -0.25) is 0 Å². The van der Waals surface area contributed by atoms with Gasteiger partial charge in [-0.05, 0) is 23.6 Å². The molecule has 0 amide bonds. The lowest BCUT2D eigenvalue weighted by Gasteiger charge is -2.07. The van der Waals surface area contributed by atoms with Crippen LogP contribution in [0.1, 0.15) is 10.5 Å². The molecule has 1 aromatic heterocycles. The van der Waals surface area contributed by atoms with Crippen molar-refractivity contribution in [2.24, 2.45) is 0 Å². The van der Waals surface area contributed by atoms with Gasteiger partial charge in [0.15, 0.2) is 5.69 Å². The van der Waals surface area contributed by atoms with Crippen LogP contribution in [-0.2, 0) is 0 Å². The number of pyridine rings is 1. The van der Waals surface area contributed by atoms with E-state index < -0.39 is 5.97 Å². The van der Waals surface area contributed by atoms with Crippen LogP contribution in [0.4, 0.5) is 0 Å². The first kappa shape index (κ1) is 12.6. The molecule has 3 aromatic rings. The molecule has 0 fully saturated rings. The van der Waals surface area contributed by atoms with E-state index in [1.54, 1.807) is 24.3 Å². The minimum Gasteiger partial charge on any atom is -0.476 e. The summed E-state index contributed by atoms with van der Waals surface area (Å²) in [5.41, 5.74) is 1.52. The van der Waals surface area contributed by atoms with Crippen LogP contribution in [0, 0.1) is 0 Å². The highest BCUT2D eigenvalue weighted by molar-refractivity contribution is 6.30. The monoisotopic (exact) mass is 283 g/mol. The van der Waals surface area contributed by atoms with E-state index in [0.717, 1.165) is 10.9 Å². The third-order valence-corrected chi connectivity index (χ3v) is 3.33. The van der Waals surface area contributed by atoms with E-state index in [4.69, 9.17) is 11.6 Å². The van der Waals surface area contributed by atoms with Crippen LogP contribution in [0.25, 0.3) is 22.0 Å². The van der Waals surface area contributed by atoms with Crippen LogP contribution in [0.2, 0.25) is 5.02 Å². The Kier molecular flexibility index (Phi) is 3.12. The molecule has 0 aliphatic heterocycles. The van der Waals surface area contributed by atoms with E-state index in [1.165, 1.54) is 0 Å². The number of carboxylic acids is 1. The number of fused-ring (bicyclic) bond motifs is 1. The highest BCUT2D eigenvalue weighted by Crippen LogP contribution is 2.25. The molecule has 4 heteroatoms. The molecule has 1 heterocycles. The molecule has 20 heavy (non-hydrogen) atoms. The quantitative estimate of drug-likeness (QED) is 0.765. The number of nitrogens with zero attached hydrogens (tertiary/aromatic N) is 1. The zero-order chi connectivity index (χ0) is 14.1. The minimum absolute atomic E-state index is 0.0630. The molecule has 0 unspecified atom stereocenters. The third kappa shape index (κ3) is 2.24. The van der Waals surface area contributed by atoms with Crippen molar-refractivity contribution in [2.75, 3.05) is 0 Å². The van der Waals surface area contributed by atoms with Gasteiger partial charge in [0, 0.05) is 16.0 Å². The van der Waals surface area contributed by atoms with Crippen LogP contribution in [0.3, 0.4) is 0 Å². The summed E-state index contributed by atoms with van der Waals surface area (Å²) in [7, 11) is 0. The summed E-state index contributed by atoms with van der Waals surface area (Å²) in [6, 6.07) is 16.4. The van der Waals surface area contributed by atoms with Gasteiger partial charge in [0.1, 0.15) is 0 Å². The van der Waals surface area contributed by atoms with Crippen molar-refractivity contribution in [3.63, 3.8) is 0 Å². The number of aromatic nitrogens is 1. The van der Waals surface area contributed by atoms with Gasteiger partial charge >= 0.3 is 5.97 Å². The van der Waals surface area contributed by atoms with Crippen molar-refractivity contribution in [1.29, 1.82) is 0 Å². The predicted molar refractivity (Wildman–Crippen MR) is 79.1 cm³/mol. The molecule has 0 bridgehead atoms. The molecule has 0 spiro atoms. The molecule has 0 aliphatic carbocycles. The van der Waals surface area contributed by atoms with E-state index in [1.807, 2.05) is 30.3 Å². The second-order valence-electron chi connectivity index (χ2n) is 4.39. The van der Waals surface area contributed by atoms with Crippen LogP contribution < -0.4 is 0 Å². The fourth-order valence-corrected chi connectivity index (χ4v) is 2.26. The summed E-state index contributed by atoms with van der Waals surface area (Å²) in [4.78, 5) is 15.6. The lowest BCUT2D eigenvalue weighted by Crippen LogP contribution is -2.02. The van der Waals surface area contributed by atoms with Gasteiger partial charge in [-0.15, -0.1) is 0 Å². The van der Waals surface area contributed by atoms with Crippen molar-refractivity contribution < 1.29 is 9.90 Å². The van der Waals surface area contributed by atoms with Crippen LogP contribution in [0.5, 0.6) is 0 Å². The number of benzene rings is 2. The Bertz CT molecular complexity index is 797. The van der Waals surface area contributed by atoms with E-state index in [-0.39, 0.29) is 5.69 Å². The standard InChI is InChI=1S/C16H10ClNO2/c17-12-7-5-10(6-8-12)14-9-11-3-1-2-4-13(11)15(18-14)16(19)20/h1-9H,(H,19,20). The van der Waals surface area contributed by atoms with E-state index >= 15 is 0 Å². The van der Waals surface area contributed by atoms with Gasteiger partial charge in [-0.1, -0.05) is 48.0 Å². The number of hydrogen-bond acceptors (Lipinski definition) is 2. The molecule has 1 N–H and O–H groups in total. The van der Waals surface area contributed by atoms with Crippen molar-refractivity contribution in [3.8, 4) is 11.3 Å². The van der Waals surface area contributed by atoms with E-state index in [2.05, 4.69) is 4.98 Å². The normalized spacial score (nSPS) is 10.7. The minimum atomic E-state index is -1.03. The first-order valence-electron chi connectivity index (χ1n) is 6.04. The molecule has 0 aliphatic rings. The summed E-state index contributed by atoms with van der Waals surface area (Å²) in [6.07, 6.45) is 0. The van der Waals surface area contributed by atoms with Crippen molar-refractivity contribution in [3.05, 3.63) is 65.3 Å². The average molecular weight is 284 g/mol. The Morgan fingerprint density at radius 2 is 1.75 bits per heavy atom. The number of halogens is 1. The molecule has 0 saturated carbocycles. The fourth-order valence-electron chi connectivity index (χ4n) is 2.13. The van der Waals surface area contributed by atoms with Crippen molar-refractivity contribution >= 4 is 28.3 Å². The van der Waals surface area contributed by atoms with Gasteiger partial charge < -0.3 is 5.11 Å². The lowest BCUT2D eigenvalue weighted by atomic mass is 10.0. The number of carbonyl (C=O) groups is 1. The molecule has 3 nitrogen and oxygen atoms in total. The Morgan fingerprint density at radius 1 is 1.05 bits per heavy atom. The number of hydrogen-bond donors (Lipinski definition) is 1. The maximum atomic E-state index is 11.4. The summed E-state index contributed by atoms with van der Waals surface area (Å²) in [6.45, 7) is 0. The number of aromatic carboxylic acids is 1. The second-order valence-corrected chi connectivity index (χ2v) is 4.83. The number of carboxylic acid groups (broad SMARTS) is 1. The van der Waals surface area contributed by atoms with Crippen LogP contribution in [0.15, 0.2) is 54.6 Å². The van der Waals surface area contributed by atoms with Gasteiger partial charge in [-0.2, -0.15) is 0 Å². The Morgan fingerprint density at radius 3 is 2.45 bits per heavy atom. The smallest absolute Gasteiger partial charge is 0.355 e. The molecule has 2 aromatic carbocycles. The summed E-state index contributed by atoms with van der Waals surface area (Å²) >= 11 is 5.86.